The minimum Gasteiger partial charge on any atom is -0.362 e. The van der Waals surface area contributed by atoms with Crippen LogP contribution in [0.4, 0.5) is 0 Å². The van der Waals surface area contributed by atoms with Gasteiger partial charge >= 0.3 is 0 Å². The highest BCUT2D eigenvalue weighted by atomic mass is 35.5. The van der Waals surface area contributed by atoms with Crippen LogP contribution in [0.2, 0.25) is 5.02 Å². The average Bonchev–Trinajstić information content (AvgIpc) is 3.20. The van der Waals surface area contributed by atoms with E-state index in [-0.39, 0.29) is 11.9 Å². The molecule has 3 rings (SSSR count). The first-order valence-electron chi connectivity index (χ1n) is 6.42. The summed E-state index contributed by atoms with van der Waals surface area (Å²) in [5.41, 5.74) is 0.855. The normalized spacial score (nSPS) is 31.3. The van der Waals surface area contributed by atoms with Crippen LogP contribution in [0.3, 0.4) is 0 Å². The summed E-state index contributed by atoms with van der Waals surface area (Å²) in [4.78, 5) is 0. The summed E-state index contributed by atoms with van der Waals surface area (Å²) in [6.07, 6.45) is 3.24. The molecule has 2 unspecified atom stereocenters. The molecule has 0 amide bonds. The summed E-state index contributed by atoms with van der Waals surface area (Å²) in [6.45, 7) is 2.07. The third-order valence-corrected chi connectivity index (χ3v) is 3.76. The molecule has 1 aromatic rings. The monoisotopic (exact) mass is 268 g/mol. The zero-order valence-electron chi connectivity index (χ0n) is 10.2. The summed E-state index contributed by atoms with van der Waals surface area (Å²) in [5.74, 6) is 0. The maximum atomic E-state index is 5.89. The van der Waals surface area contributed by atoms with Gasteiger partial charge in [0.1, 0.15) is 5.60 Å². The van der Waals surface area contributed by atoms with Crippen LogP contribution in [0.5, 0.6) is 0 Å². The predicted molar refractivity (Wildman–Crippen MR) is 68.6 cm³/mol. The highest BCUT2D eigenvalue weighted by Crippen LogP contribution is 2.39. The SMILES string of the molecule is Clc1ccc(C2(COC3CCCCO3)CO2)cc1. The number of ether oxygens (including phenoxy) is 3. The summed E-state index contributed by atoms with van der Waals surface area (Å²) in [7, 11) is 0. The van der Waals surface area contributed by atoms with Crippen molar-refractivity contribution in [2.24, 2.45) is 0 Å². The summed E-state index contributed by atoms with van der Waals surface area (Å²) in [6, 6.07) is 7.77. The molecule has 2 fully saturated rings. The molecule has 3 nitrogen and oxygen atoms in total. The van der Waals surface area contributed by atoms with E-state index >= 15 is 0 Å². The van der Waals surface area contributed by atoms with Gasteiger partial charge in [0.25, 0.3) is 0 Å². The van der Waals surface area contributed by atoms with Gasteiger partial charge in [-0.05, 0) is 37.0 Å². The molecule has 2 heterocycles. The van der Waals surface area contributed by atoms with E-state index in [0.29, 0.717) is 13.2 Å². The van der Waals surface area contributed by atoms with E-state index in [1.54, 1.807) is 0 Å². The van der Waals surface area contributed by atoms with Crippen molar-refractivity contribution in [3.8, 4) is 0 Å². The molecule has 2 aliphatic heterocycles. The Morgan fingerprint density at radius 3 is 2.67 bits per heavy atom. The fourth-order valence-electron chi connectivity index (χ4n) is 2.24. The topological polar surface area (TPSA) is 31.0 Å². The van der Waals surface area contributed by atoms with Crippen molar-refractivity contribution in [1.82, 2.24) is 0 Å². The van der Waals surface area contributed by atoms with Gasteiger partial charge in [0.2, 0.25) is 0 Å². The second-order valence-electron chi connectivity index (χ2n) is 4.90. The van der Waals surface area contributed by atoms with Gasteiger partial charge in [-0.15, -0.1) is 0 Å². The molecule has 4 heteroatoms. The van der Waals surface area contributed by atoms with Crippen molar-refractivity contribution in [2.45, 2.75) is 31.2 Å². The highest BCUT2D eigenvalue weighted by Gasteiger charge is 2.47. The molecular formula is C14H17ClO3. The van der Waals surface area contributed by atoms with Crippen molar-refractivity contribution in [2.75, 3.05) is 19.8 Å². The van der Waals surface area contributed by atoms with Crippen LogP contribution >= 0.6 is 11.6 Å². The van der Waals surface area contributed by atoms with E-state index in [9.17, 15) is 0 Å². The van der Waals surface area contributed by atoms with Gasteiger partial charge in [0.15, 0.2) is 6.29 Å². The van der Waals surface area contributed by atoms with Crippen LogP contribution in [0.1, 0.15) is 24.8 Å². The van der Waals surface area contributed by atoms with E-state index in [4.69, 9.17) is 25.8 Å². The second-order valence-corrected chi connectivity index (χ2v) is 5.33. The first-order valence-corrected chi connectivity index (χ1v) is 6.80. The van der Waals surface area contributed by atoms with Crippen LogP contribution in [0.15, 0.2) is 24.3 Å². The molecule has 0 saturated carbocycles. The zero-order chi connectivity index (χ0) is 12.4. The first kappa shape index (κ1) is 12.4. The third-order valence-electron chi connectivity index (χ3n) is 3.50. The molecule has 0 N–H and O–H groups in total. The minimum absolute atomic E-state index is 0.0628. The largest absolute Gasteiger partial charge is 0.362 e. The summed E-state index contributed by atoms with van der Waals surface area (Å²) >= 11 is 5.89. The van der Waals surface area contributed by atoms with Crippen LogP contribution < -0.4 is 0 Å². The standard InChI is InChI=1S/C14H17ClO3/c15-12-6-4-11(5-7-12)14(10-18-14)9-17-13-3-1-2-8-16-13/h4-7,13H,1-3,8-10H2. The van der Waals surface area contributed by atoms with E-state index in [2.05, 4.69) is 0 Å². The lowest BCUT2D eigenvalue weighted by atomic mass is 10.0. The minimum atomic E-state index is -0.272. The Balaban J connectivity index is 1.59. The van der Waals surface area contributed by atoms with Crippen molar-refractivity contribution in [1.29, 1.82) is 0 Å². The molecule has 2 saturated heterocycles. The van der Waals surface area contributed by atoms with Crippen LogP contribution in [0, 0.1) is 0 Å². The molecule has 0 aliphatic carbocycles. The molecule has 0 radical (unpaired) electrons. The lowest BCUT2D eigenvalue weighted by Crippen LogP contribution is -2.27. The Bertz CT molecular complexity index is 394. The molecule has 0 spiro atoms. The zero-order valence-corrected chi connectivity index (χ0v) is 11.0. The van der Waals surface area contributed by atoms with E-state index in [0.717, 1.165) is 30.0 Å². The van der Waals surface area contributed by atoms with Crippen molar-refractivity contribution in [3.63, 3.8) is 0 Å². The van der Waals surface area contributed by atoms with E-state index in [1.807, 2.05) is 24.3 Å². The Labute approximate surface area is 112 Å². The van der Waals surface area contributed by atoms with Gasteiger partial charge in [-0.25, -0.2) is 0 Å². The smallest absolute Gasteiger partial charge is 0.157 e. The molecule has 1 aromatic carbocycles. The number of rotatable bonds is 4. The molecular weight excluding hydrogens is 252 g/mol. The fourth-order valence-corrected chi connectivity index (χ4v) is 2.37. The van der Waals surface area contributed by atoms with Crippen LogP contribution in [-0.4, -0.2) is 26.1 Å². The fraction of sp³-hybridized carbons (Fsp3) is 0.571. The number of hydrogen-bond donors (Lipinski definition) is 0. The van der Waals surface area contributed by atoms with Crippen molar-refractivity contribution >= 4 is 11.6 Å². The van der Waals surface area contributed by atoms with Gasteiger partial charge in [0, 0.05) is 11.6 Å². The van der Waals surface area contributed by atoms with Gasteiger partial charge in [-0.3, -0.25) is 0 Å². The second kappa shape index (κ2) is 5.17. The number of hydrogen-bond acceptors (Lipinski definition) is 3. The first-order chi connectivity index (χ1) is 8.78. The molecule has 2 atom stereocenters. The molecule has 18 heavy (non-hydrogen) atoms. The average molecular weight is 269 g/mol. The van der Waals surface area contributed by atoms with Gasteiger partial charge in [0.05, 0.1) is 13.2 Å². The number of epoxide rings is 1. The Morgan fingerprint density at radius 2 is 2.06 bits per heavy atom. The highest BCUT2D eigenvalue weighted by molar-refractivity contribution is 6.30. The van der Waals surface area contributed by atoms with Gasteiger partial charge in [-0.2, -0.15) is 0 Å². The van der Waals surface area contributed by atoms with Crippen molar-refractivity contribution in [3.05, 3.63) is 34.9 Å². The lowest BCUT2D eigenvalue weighted by Gasteiger charge is -2.24. The van der Waals surface area contributed by atoms with Crippen LogP contribution in [-0.2, 0) is 19.8 Å². The van der Waals surface area contributed by atoms with Crippen LogP contribution in [0.25, 0.3) is 0 Å². The molecule has 0 aromatic heterocycles. The number of halogens is 1. The maximum Gasteiger partial charge on any atom is 0.157 e. The summed E-state index contributed by atoms with van der Waals surface area (Å²) < 4.78 is 17.0. The van der Waals surface area contributed by atoms with Gasteiger partial charge < -0.3 is 14.2 Å². The van der Waals surface area contributed by atoms with Crippen molar-refractivity contribution < 1.29 is 14.2 Å². The molecule has 0 bridgehead atoms. The number of benzene rings is 1. The quantitative estimate of drug-likeness (QED) is 0.786. The Kier molecular flexibility index (Phi) is 3.57. The summed E-state index contributed by atoms with van der Waals surface area (Å²) in [5, 5.41) is 0.742. The Morgan fingerprint density at radius 1 is 1.28 bits per heavy atom. The lowest BCUT2D eigenvalue weighted by molar-refractivity contribution is -0.171. The maximum absolute atomic E-state index is 5.89. The molecule has 2 aliphatic rings. The van der Waals surface area contributed by atoms with E-state index < -0.39 is 0 Å². The van der Waals surface area contributed by atoms with Gasteiger partial charge in [-0.1, -0.05) is 23.7 Å². The van der Waals surface area contributed by atoms with E-state index in [1.165, 1.54) is 6.42 Å². The Hall–Kier alpha value is -0.610. The molecule has 98 valence electrons. The predicted octanol–water partition coefficient (Wildman–Crippen LogP) is 3.11. The third kappa shape index (κ3) is 2.69.